The Kier molecular flexibility index (Phi) is 4.45. The van der Waals surface area contributed by atoms with Crippen molar-refractivity contribution in [3.8, 4) is 5.69 Å². The molecular formula is C15H21N5O2S. The van der Waals surface area contributed by atoms with Crippen LogP contribution >= 0.6 is 0 Å². The first-order chi connectivity index (χ1) is 11.0. The molecule has 1 fully saturated rings. The van der Waals surface area contributed by atoms with Gasteiger partial charge in [-0.3, -0.25) is 0 Å². The summed E-state index contributed by atoms with van der Waals surface area (Å²) in [6.45, 7) is 4.52. The lowest BCUT2D eigenvalue weighted by Crippen LogP contribution is -2.43. The molecule has 0 bridgehead atoms. The van der Waals surface area contributed by atoms with Crippen molar-refractivity contribution in [2.45, 2.75) is 50.5 Å². The molecule has 124 valence electrons. The number of hydrogen-bond acceptors (Lipinski definition) is 5. The normalized spacial score (nSPS) is 19.8. The van der Waals surface area contributed by atoms with Crippen LogP contribution in [0.3, 0.4) is 0 Å². The molecule has 1 saturated heterocycles. The number of benzene rings is 1. The van der Waals surface area contributed by atoms with Gasteiger partial charge in [-0.05, 0) is 60.4 Å². The van der Waals surface area contributed by atoms with E-state index < -0.39 is 10.0 Å². The molecule has 0 N–H and O–H groups in total. The molecule has 1 atom stereocenters. The summed E-state index contributed by atoms with van der Waals surface area (Å²) in [5.41, 5.74) is 1.60. The topological polar surface area (TPSA) is 81.0 Å². The maximum atomic E-state index is 13.0. The van der Waals surface area contributed by atoms with Crippen LogP contribution in [0.25, 0.3) is 5.69 Å². The number of aryl methyl sites for hydroxylation is 1. The number of hydrogen-bond donors (Lipinski definition) is 0. The zero-order valence-electron chi connectivity index (χ0n) is 13.4. The van der Waals surface area contributed by atoms with E-state index >= 15 is 0 Å². The summed E-state index contributed by atoms with van der Waals surface area (Å²) in [6, 6.07) is 5.20. The van der Waals surface area contributed by atoms with E-state index in [4.69, 9.17) is 0 Å². The Labute approximate surface area is 136 Å². The first kappa shape index (κ1) is 16.1. The lowest BCUT2D eigenvalue weighted by Gasteiger charge is -2.34. The Bertz CT molecular complexity index is 773. The zero-order valence-corrected chi connectivity index (χ0v) is 14.2. The van der Waals surface area contributed by atoms with E-state index in [0.29, 0.717) is 11.4 Å². The van der Waals surface area contributed by atoms with Crippen molar-refractivity contribution < 1.29 is 8.42 Å². The van der Waals surface area contributed by atoms with E-state index in [9.17, 15) is 8.42 Å². The highest BCUT2D eigenvalue weighted by Gasteiger charge is 2.32. The van der Waals surface area contributed by atoms with Crippen LogP contribution in [0.2, 0.25) is 0 Å². The lowest BCUT2D eigenvalue weighted by atomic mass is 10.0. The van der Waals surface area contributed by atoms with Crippen LogP contribution < -0.4 is 0 Å². The van der Waals surface area contributed by atoms with Gasteiger partial charge in [0.1, 0.15) is 6.33 Å². The minimum atomic E-state index is -3.46. The van der Waals surface area contributed by atoms with Crippen LogP contribution in [-0.4, -0.2) is 45.5 Å². The minimum Gasteiger partial charge on any atom is -0.207 e. The molecule has 3 rings (SSSR count). The second-order valence-electron chi connectivity index (χ2n) is 5.88. The molecule has 0 spiro atoms. The van der Waals surface area contributed by atoms with Crippen LogP contribution in [-0.2, 0) is 10.0 Å². The number of tetrazole rings is 1. The second kappa shape index (κ2) is 6.37. The first-order valence-electron chi connectivity index (χ1n) is 7.90. The van der Waals surface area contributed by atoms with Crippen molar-refractivity contribution in [3.63, 3.8) is 0 Å². The third-order valence-corrected chi connectivity index (χ3v) is 6.36. The molecule has 0 radical (unpaired) electrons. The first-order valence-corrected chi connectivity index (χ1v) is 9.34. The van der Waals surface area contributed by atoms with Gasteiger partial charge < -0.3 is 0 Å². The highest BCUT2D eigenvalue weighted by Crippen LogP contribution is 2.28. The van der Waals surface area contributed by atoms with Gasteiger partial charge in [0.25, 0.3) is 0 Å². The SMILES string of the molecule is CC[C@@H]1CCCCN1S(=O)(=O)c1ccc(-n2cnnn2)c(C)c1. The average molecular weight is 335 g/mol. The fourth-order valence-electron chi connectivity index (χ4n) is 3.15. The van der Waals surface area contributed by atoms with Crippen LogP contribution in [0, 0.1) is 6.92 Å². The smallest absolute Gasteiger partial charge is 0.207 e. The molecule has 1 aliphatic heterocycles. The monoisotopic (exact) mass is 335 g/mol. The number of aromatic nitrogens is 4. The van der Waals surface area contributed by atoms with E-state index in [1.54, 1.807) is 22.5 Å². The van der Waals surface area contributed by atoms with Crippen LogP contribution in [0.15, 0.2) is 29.4 Å². The molecule has 1 aromatic carbocycles. The van der Waals surface area contributed by atoms with Gasteiger partial charge in [-0.25, -0.2) is 13.1 Å². The summed E-state index contributed by atoms with van der Waals surface area (Å²) >= 11 is 0. The molecule has 0 unspecified atom stereocenters. The molecule has 2 aromatic rings. The molecule has 2 heterocycles. The van der Waals surface area contributed by atoms with Gasteiger partial charge in [-0.2, -0.15) is 4.31 Å². The maximum absolute atomic E-state index is 13.0. The van der Waals surface area contributed by atoms with Gasteiger partial charge in [-0.15, -0.1) is 5.10 Å². The summed E-state index contributed by atoms with van der Waals surface area (Å²) in [7, 11) is -3.46. The Hall–Kier alpha value is -1.80. The van der Waals surface area contributed by atoms with E-state index in [2.05, 4.69) is 15.5 Å². The van der Waals surface area contributed by atoms with Gasteiger partial charge >= 0.3 is 0 Å². The fourth-order valence-corrected chi connectivity index (χ4v) is 5.00. The zero-order chi connectivity index (χ0) is 16.4. The molecule has 23 heavy (non-hydrogen) atoms. The Morgan fingerprint density at radius 3 is 2.78 bits per heavy atom. The number of sulfonamides is 1. The van der Waals surface area contributed by atoms with Crippen molar-refractivity contribution in [2.75, 3.05) is 6.54 Å². The standard InChI is InChI=1S/C15H21N5O2S/c1-3-13-6-4-5-9-20(13)23(21,22)14-7-8-15(12(2)10-14)19-11-16-17-18-19/h7-8,10-11,13H,3-6,9H2,1-2H3/t13-/m1/s1. The van der Waals surface area contributed by atoms with Crippen molar-refractivity contribution in [1.82, 2.24) is 24.5 Å². The van der Waals surface area contributed by atoms with Gasteiger partial charge in [0.05, 0.1) is 10.6 Å². The van der Waals surface area contributed by atoms with Gasteiger partial charge in [-0.1, -0.05) is 13.3 Å². The maximum Gasteiger partial charge on any atom is 0.243 e. The molecule has 8 heteroatoms. The summed E-state index contributed by atoms with van der Waals surface area (Å²) in [5, 5.41) is 11.1. The molecule has 0 aliphatic carbocycles. The second-order valence-corrected chi connectivity index (χ2v) is 7.77. The largest absolute Gasteiger partial charge is 0.243 e. The lowest BCUT2D eigenvalue weighted by molar-refractivity contribution is 0.246. The predicted octanol–water partition coefficient (Wildman–Crippen LogP) is 1.92. The van der Waals surface area contributed by atoms with Crippen LogP contribution in [0.5, 0.6) is 0 Å². The van der Waals surface area contributed by atoms with Gasteiger partial charge in [0.2, 0.25) is 10.0 Å². The third kappa shape index (κ3) is 3.00. The van der Waals surface area contributed by atoms with Crippen molar-refractivity contribution in [2.24, 2.45) is 0 Å². The Morgan fingerprint density at radius 1 is 1.30 bits per heavy atom. The average Bonchev–Trinajstić information content (AvgIpc) is 3.08. The van der Waals surface area contributed by atoms with Crippen LogP contribution in [0.1, 0.15) is 38.2 Å². The van der Waals surface area contributed by atoms with Gasteiger partial charge in [0.15, 0.2) is 0 Å². The number of nitrogens with zero attached hydrogens (tertiary/aromatic N) is 5. The minimum absolute atomic E-state index is 0.105. The van der Waals surface area contributed by atoms with Crippen molar-refractivity contribution in [1.29, 1.82) is 0 Å². The highest BCUT2D eigenvalue weighted by molar-refractivity contribution is 7.89. The summed E-state index contributed by atoms with van der Waals surface area (Å²) in [6.07, 6.45) is 5.31. The molecule has 7 nitrogen and oxygen atoms in total. The Balaban J connectivity index is 1.96. The molecule has 1 aliphatic rings. The molecule has 1 aromatic heterocycles. The highest BCUT2D eigenvalue weighted by atomic mass is 32.2. The van der Waals surface area contributed by atoms with Gasteiger partial charge in [0, 0.05) is 12.6 Å². The van der Waals surface area contributed by atoms with Crippen molar-refractivity contribution in [3.05, 3.63) is 30.1 Å². The number of piperidine rings is 1. The van der Waals surface area contributed by atoms with Crippen LogP contribution in [0.4, 0.5) is 0 Å². The quantitative estimate of drug-likeness (QED) is 0.853. The molecule has 0 saturated carbocycles. The Morgan fingerprint density at radius 2 is 2.13 bits per heavy atom. The van der Waals surface area contributed by atoms with E-state index in [1.807, 2.05) is 13.8 Å². The summed E-state index contributed by atoms with van der Waals surface area (Å²) < 4.78 is 29.2. The van der Waals surface area contributed by atoms with E-state index in [-0.39, 0.29) is 6.04 Å². The molecular weight excluding hydrogens is 314 g/mol. The summed E-state index contributed by atoms with van der Waals surface area (Å²) in [5.74, 6) is 0. The molecule has 0 amide bonds. The number of rotatable bonds is 4. The summed E-state index contributed by atoms with van der Waals surface area (Å²) in [4.78, 5) is 0.340. The fraction of sp³-hybridized carbons (Fsp3) is 0.533. The van der Waals surface area contributed by atoms with E-state index in [0.717, 1.165) is 36.9 Å². The van der Waals surface area contributed by atoms with Crippen molar-refractivity contribution >= 4 is 10.0 Å². The van der Waals surface area contributed by atoms with E-state index in [1.165, 1.54) is 11.0 Å². The predicted molar refractivity (Wildman–Crippen MR) is 85.7 cm³/mol. The third-order valence-electron chi connectivity index (χ3n) is 4.42.